The van der Waals surface area contributed by atoms with E-state index in [0.29, 0.717) is 5.92 Å². The molecular formula is C40H50IrNO5SSi-. The summed E-state index contributed by atoms with van der Waals surface area (Å²) in [5, 5.41) is 14.5. The van der Waals surface area contributed by atoms with E-state index in [1.165, 1.54) is 64.1 Å². The van der Waals surface area contributed by atoms with Gasteiger partial charge in [-0.2, -0.15) is 0 Å². The van der Waals surface area contributed by atoms with Gasteiger partial charge >= 0.3 is 8.80 Å². The number of hydrogen-bond acceptors (Lipinski definition) is 7. The fourth-order valence-corrected chi connectivity index (χ4v) is 8.90. The molecule has 0 aliphatic heterocycles. The molecule has 0 fully saturated rings. The number of aliphatic hydroxyl groups excluding tert-OH is 1. The van der Waals surface area contributed by atoms with Crippen LogP contribution < -0.4 is 0 Å². The molecule has 0 saturated carbocycles. The molecule has 0 aliphatic rings. The van der Waals surface area contributed by atoms with Crippen molar-refractivity contribution in [3.8, 4) is 11.3 Å². The number of aliphatic hydroxyl groups is 1. The summed E-state index contributed by atoms with van der Waals surface area (Å²) in [5.41, 5.74) is 4.97. The van der Waals surface area contributed by atoms with Gasteiger partial charge in [-0.15, -0.1) is 40.5 Å². The average molecular weight is 877 g/mol. The van der Waals surface area contributed by atoms with Crippen molar-refractivity contribution < 1.29 is 43.3 Å². The van der Waals surface area contributed by atoms with Crippen LogP contribution in [0.2, 0.25) is 0 Å². The summed E-state index contributed by atoms with van der Waals surface area (Å²) in [6.45, 7) is 15.3. The van der Waals surface area contributed by atoms with Crippen molar-refractivity contribution in [2.75, 3.05) is 21.3 Å². The zero-order chi connectivity index (χ0) is 35.2. The van der Waals surface area contributed by atoms with Gasteiger partial charge in [0.2, 0.25) is 5.41 Å². The summed E-state index contributed by atoms with van der Waals surface area (Å²) in [6, 6.07) is 23.5. The van der Waals surface area contributed by atoms with E-state index in [-0.39, 0.29) is 37.2 Å². The number of thiophene rings is 1. The van der Waals surface area contributed by atoms with Gasteiger partial charge in [-0.25, -0.2) is 0 Å². The van der Waals surface area contributed by atoms with Crippen molar-refractivity contribution in [3.63, 3.8) is 0 Å². The summed E-state index contributed by atoms with van der Waals surface area (Å²) in [5.74, 6) is 0.677. The molecule has 0 aliphatic carbocycles. The Morgan fingerprint density at radius 3 is 2.14 bits per heavy atom. The Bertz CT molecular complexity index is 1900. The molecule has 1 N–H and O–H groups in total. The number of nitrogens with zero attached hydrogens (tertiary/aromatic N) is 1. The van der Waals surface area contributed by atoms with Gasteiger partial charge in [0.1, 0.15) is 0 Å². The van der Waals surface area contributed by atoms with Crippen LogP contribution in [0, 0.1) is 17.9 Å². The normalized spacial score (nSPS) is 12.4. The van der Waals surface area contributed by atoms with E-state index < -0.39 is 14.2 Å². The topological polar surface area (TPSA) is 77.9 Å². The van der Waals surface area contributed by atoms with Gasteiger partial charge in [0.05, 0.1) is 5.76 Å². The third kappa shape index (κ3) is 8.95. The Morgan fingerprint density at radius 2 is 1.55 bits per heavy atom. The van der Waals surface area contributed by atoms with Crippen LogP contribution in [0.1, 0.15) is 72.4 Å². The zero-order valence-corrected chi connectivity index (χ0v) is 34.6. The second-order valence-corrected chi connectivity index (χ2v) is 17.4. The summed E-state index contributed by atoms with van der Waals surface area (Å²) in [7, 11) is 0.751. The largest absolute Gasteiger partial charge is 0.578 e. The Kier molecular flexibility index (Phi) is 14.5. The fraction of sp³-hybridized carbons (Fsp3) is 0.400. The van der Waals surface area contributed by atoms with Crippen LogP contribution in [-0.2, 0) is 50.0 Å². The second-order valence-electron chi connectivity index (χ2n) is 13.5. The third-order valence-corrected chi connectivity index (χ3v) is 12.4. The number of aromatic nitrogens is 1. The smallest absolute Gasteiger partial charge is 0.512 e. The Hall–Kier alpha value is -2.75. The zero-order valence-electron chi connectivity index (χ0n) is 30.4. The molecule has 5 aromatic rings. The van der Waals surface area contributed by atoms with E-state index in [1.54, 1.807) is 0 Å². The van der Waals surface area contributed by atoms with Gasteiger partial charge < -0.3 is 18.4 Å². The Labute approximate surface area is 310 Å². The summed E-state index contributed by atoms with van der Waals surface area (Å²) in [4.78, 5) is 16.8. The van der Waals surface area contributed by atoms with Crippen molar-refractivity contribution >= 4 is 56.5 Å². The van der Waals surface area contributed by atoms with Crippen LogP contribution in [0.3, 0.4) is 0 Å². The summed E-state index contributed by atoms with van der Waals surface area (Å²) >= 11 is 1.89. The third-order valence-electron chi connectivity index (χ3n) is 8.75. The number of pyridine rings is 1. The van der Waals surface area contributed by atoms with Crippen LogP contribution in [-0.4, -0.2) is 45.6 Å². The summed E-state index contributed by atoms with van der Waals surface area (Å²) in [6.07, 6.45) is 5.77. The number of allylic oxidation sites excluding steroid dienone is 2. The first-order valence-corrected chi connectivity index (χ1v) is 19.2. The molecule has 49 heavy (non-hydrogen) atoms. The van der Waals surface area contributed by atoms with E-state index in [4.69, 9.17) is 18.3 Å². The second kappa shape index (κ2) is 17.5. The molecule has 0 bridgehead atoms. The van der Waals surface area contributed by atoms with Crippen LogP contribution in [0.4, 0.5) is 0 Å². The number of rotatable bonds is 11. The first-order chi connectivity index (χ1) is 22.8. The first-order valence-electron chi connectivity index (χ1n) is 16.7. The van der Waals surface area contributed by atoms with Gasteiger partial charge in [-0.1, -0.05) is 95.8 Å². The SMILES string of the molecule is CC(C)Cc1cccc2c1sc1c(-c3[c-]c4ccccc4c(C(C)(C)C)c3)nccc12.CCC(CC)/C(O)=C/C(=O)[Si](OC)(OC)OC.[Ir]. The Morgan fingerprint density at radius 1 is 0.939 bits per heavy atom. The molecule has 0 saturated heterocycles. The molecule has 1 radical (unpaired) electrons. The average Bonchev–Trinajstić information content (AvgIpc) is 3.45. The van der Waals surface area contributed by atoms with Crippen molar-refractivity contribution in [1.82, 2.24) is 4.98 Å². The first kappa shape index (κ1) is 40.7. The van der Waals surface area contributed by atoms with Crippen molar-refractivity contribution in [2.45, 2.75) is 73.1 Å². The van der Waals surface area contributed by atoms with Crippen LogP contribution in [0.25, 0.3) is 42.2 Å². The minimum Gasteiger partial charge on any atom is -0.512 e. The maximum Gasteiger partial charge on any atom is 0.578 e. The van der Waals surface area contributed by atoms with E-state index in [0.717, 1.165) is 35.9 Å². The van der Waals surface area contributed by atoms with Crippen molar-refractivity contribution in [3.05, 3.63) is 89.8 Å². The number of fused-ring (bicyclic) bond motifs is 4. The van der Waals surface area contributed by atoms with E-state index >= 15 is 0 Å². The minimum atomic E-state index is -3.33. The molecule has 3 aromatic carbocycles. The molecule has 0 amide bonds. The predicted molar refractivity (Wildman–Crippen MR) is 203 cm³/mol. The quantitative estimate of drug-likeness (QED) is 0.0617. The maximum absolute atomic E-state index is 12.0. The molecule has 2 heterocycles. The van der Waals surface area contributed by atoms with Gasteiger partial charge in [-0.3, -0.25) is 9.78 Å². The number of benzene rings is 3. The maximum atomic E-state index is 12.0. The molecule has 2 aromatic heterocycles. The molecule has 265 valence electrons. The Balaban J connectivity index is 0.000000312. The number of hydrogen-bond donors (Lipinski definition) is 1. The molecule has 5 rings (SSSR count). The van der Waals surface area contributed by atoms with E-state index in [1.807, 2.05) is 31.4 Å². The van der Waals surface area contributed by atoms with Crippen LogP contribution in [0.15, 0.2) is 72.6 Å². The van der Waals surface area contributed by atoms with Crippen LogP contribution >= 0.6 is 11.3 Å². The summed E-state index contributed by atoms with van der Waals surface area (Å²) < 4.78 is 17.8. The molecule has 6 nitrogen and oxygen atoms in total. The molecule has 9 heteroatoms. The van der Waals surface area contributed by atoms with Crippen molar-refractivity contribution in [1.29, 1.82) is 0 Å². The van der Waals surface area contributed by atoms with Gasteiger partial charge in [-0.05, 0) is 47.6 Å². The minimum absolute atomic E-state index is 0. The number of carbonyl (C=O) groups excluding carboxylic acids is 1. The molecule has 0 spiro atoms. The van der Waals surface area contributed by atoms with Crippen molar-refractivity contribution in [2.24, 2.45) is 11.8 Å². The van der Waals surface area contributed by atoms with Gasteiger partial charge in [0.25, 0.3) is 0 Å². The van der Waals surface area contributed by atoms with Gasteiger partial charge in [0, 0.05) is 80.1 Å². The van der Waals surface area contributed by atoms with E-state index in [2.05, 4.69) is 95.3 Å². The monoisotopic (exact) mass is 877 g/mol. The van der Waals surface area contributed by atoms with E-state index in [9.17, 15) is 9.90 Å². The van der Waals surface area contributed by atoms with Gasteiger partial charge in [0.15, 0.2) is 0 Å². The molecular weight excluding hydrogens is 827 g/mol. The standard InChI is InChI=1S/C29H28NS.C11H22O5Si.Ir/c1-18(2)15-20-10-8-12-23-24-13-14-30-26(28(24)31-27(20)23)21-16-19-9-6-7-11-22(19)25(17-21)29(3,4)5;1-6-9(7-2)10(12)8-11(13)17(14-3,15-4)16-5;/h6-14,17-18H,15H2,1-5H3;8-9,12H,6-7H2,1-5H3;/q-1;;/b;10-8-;. The van der Waals surface area contributed by atoms with Crippen LogP contribution in [0.5, 0.6) is 0 Å². The fourth-order valence-electron chi connectivity index (χ4n) is 6.15. The number of carbonyl (C=O) groups is 1. The predicted octanol–water partition coefficient (Wildman–Crippen LogP) is 10.4. The molecule has 0 atom stereocenters. The molecule has 0 unspecified atom stereocenters.